The number of rotatable bonds is 5. The highest BCUT2D eigenvalue weighted by atomic mass is 16.3. The normalized spacial score (nSPS) is 25.3. The molecule has 1 aliphatic heterocycles. The van der Waals surface area contributed by atoms with Gasteiger partial charge in [-0.2, -0.15) is 0 Å². The number of hydrogen-bond donors (Lipinski definition) is 2. The number of nitrogens with two attached hydrogens (primary N) is 1. The first-order chi connectivity index (χ1) is 9.51. The number of aliphatic hydroxyl groups is 1. The van der Waals surface area contributed by atoms with Crippen LogP contribution in [0.3, 0.4) is 0 Å². The average Bonchev–Trinajstić information content (AvgIpc) is 2.73. The SMILES string of the molecule is Cc1ccc(C(CN)N2CC(O)CC2CN(C)C)cc1. The van der Waals surface area contributed by atoms with Crippen molar-refractivity contribution in [3.05, 3.63) is 35.4 Å². The summed E-state index contributed by atoms with van der Waals surface area (Å²) in [7, 11) is 4.15. The summed E-state index contributed by atoms with van der Waals surface area (Å²) in [5.41, 5.74) is 8.53. The molecule has 1 saturated heterocycles. The topological polar surface area (TPSA) is 52.7 Å². The van der Waals surface area contributed by atoms with Crippen molar-refractivity contribution in [1.82, 2.24) is 9.80 Å². The van der Waals surface area contributed by atoms with Gasteiger partial charge in [-0.05, 0) is 33.0 Å². The van der Waals surface area contributed by atoms with Gasteiger partial charge in [-0.15, -0.1) is 0 Å². The van der Waals surface area contributed by atoms with E-state index in [-0.39, 0.29) is 12.1 Å². The largest absolute Gasteiger partial charge is 0.392 e. The second-order valence-electron chi connectivity index (χ2n) is 6.16. The van der Waals surface area contributed by atoms with Crippen LogP contribution in [-0.2, 0) is 0 Å². The van der Waals surface area contributed by atoms with Gasteiger partial charge in [-0.1, -0.05) is 29.8 Å². The highest BCUT2D eigenvalue weighted by molar-refractivity contribution is 5.25. The molecule has 1 aliphatic rings. The molecule has 4 heteroatoms. The fourth-order valence-electron chi connectivity index (χ4n) is 3.15. The van der Waals surface area contributed by atoms with Crippen molar-refractivity contribution in [2.75, 3.05) is 33.7 Å². The number of hydrogen-bond acceptors (Lipinski definition) is 4. The van der Waals surface area contributed by atoms with Gasteiger partial charge in [0, 0.05) is 31.7 Å². The van der Waals surface area contributed by atoms with E-state index in [9.17, 15) is 5.11 Å². The van der Waals surface area contributed by atoms with Crippen LogP contribution in [0.5, 0.6) is 0 Å². The zero-order valence-corrected chi connectivity index (χ0v) is 12.8. The van der Waals surface area contributed by atoms with Gasteiger partial charge in [0.1, 0.15) is 0 Å². The molecule has 2 rings (SSSR count). The summed E-state index contributed by atoms with van der Waals surface area (Å²) < 4.78 is 0. The Balaban J connectivity index is 2.18. The van der Waals surface area contributed by atoms with Gasteiger partial charge >= 0.3 is 0 Å². The maximum absolute atomic E-state index is 10.0. The Morgan fingerprint density at radius 1 is 1.35 bits per heavy atom. The number of nitrogens with zero attached hydrogens (tertiary/aromatic N) is 2. The van der Waals surface area contributed by atoms with Crippen LogP contribution < -0.4 is 5.73 Å². The van der Waals surface area contributed by atoms with E-state index in [1.165, 1.54) is 11.1 Å². The molecule has 1 heterocycles. The van der Waals surface area contributed by atoms with Crippen LogP contribution >= 0.6 is 0 Å². The van der Waals surface area contributed by atoms with Gasteiger partial charge in [0.25, 0.3) is 0 Å². The minimum Gasteiger partial charge on any atom is -0.392 e. The molecule has 4 nitrogen and oxygen atoms in total. The van der Waals surface area contributed by atoms with Crippen molar-refractivity contribution >= 4 is 0 Å². The second-order valence-corrected chi connectivity index (χ2v) is 6.16. The number of aryl methyl sites for hydroxylation is 1. The van der Waals surface area contributed by atoms with Crippen molar-refractivity contribution in [2.45, 2.75) is 31.5 Å². The van der Waals surface area contributed by atoms with Crippen molar-refractivity contribution in [2.24, 2.45) is 5.73 Å². The van der Waals surface area contributed by atoms with Gasteiger partial charge in [-0.25, -0.2) is 0 Å². The fraction of sp³-hybridized carbons (Fsp3) is 0.625. The minimum atomic E-state index is -0.237. The monoisotopic (exact) mass is 277 g/mol. The van der Waals surface area contributed by atoms with Gasteiger partial charge < -0.3 is 15.7 Å². The van der Waals surface area contributed by atoms with E-state index in [2.05, 4.69) is 55.1 Å². The van der Waals surface area contributed by atoms with Crippen LogP contribution in [0, 0.1) is 6.92 Å². The minimum absolute atomic E-state index is 0.192. The van der Waals surface area contributed by atoms with Crippen molar-refractivity contribution in [1.29, 1.82) is 0 Å². The van der Waals surface area contributed by atoms with Gasteiger partial charge in [-0.3, -0.25) is 4.90 Å². The first-order valence-electron chi connectivity index (χ1n) is 7.36. The number of β-amino-alcohol motifs (C(OH)–C–C–N with tert-alkyl or cyclic N) is 1. The zero-order valence-electron chi connectivity index (χ0n) is 12.8. The lowest BCUT2D eigenvalue weighted by Gasteiger charge is -2.33. The molecule has 3 atom stereocenters. The number of aliphatic hydroxyl groups excluding tert-OH is 1. The Labute approximate surface area is 122 Å². The van der Waals surface area contributed by atoms with Crippen molar-refractivity contribution < 1.29 is 5.11 Å². The summed E-state index contributed by atoms with van der Waals surface area (Å²) in [4.78, 5) is 4.55. The van der Waals surface area contributed by atoms with Crippen LogP contribution in [-0.4, -0.2) is 60.8 Å². The molecule has 0 aliphatic carbocycles. The molecular weight excluding hydrogens is 250 g/mol. The van der Waals surface area contributed by atoms with Gasteiger partial charge in [0.05, 0.1) is 6.10 Å². The molecule has 1 aromatic rings. The number of benzene rings is 1. The molecule has 1 aromatic carbocycles. The van der Waals surface area contributed by atoms with Crippen LogP contribution in [0.4, 0.5) is 0 Å². The highest BCUT2D eigenvalue weighted by Crippen LogP contribution is 2.29. The zero-order chi connectivity index (χ0) is 14.7. The molecule has 1 fully saturated rings. The molecule has 0 bridgehead atoms. The van der Waals surface area contributed by atoms with E-state index in [0.717, 1.165) is 13.0 Å². The number of likely N-dealkylation sites (N-methyl/N-ethyl adjacent to an activating group) is 1. The maximum Gasteiger partial charge on any atom is 0.0682 e. The predicted molar refractivity (Wildman–Crippen MR) is 82.6 cm³/mol. The third-order valence-electron chi connectivity index (χ3n) is 4.10. The van der Waals surface area contributed by atoms with E-state index in [1.54, 1.807) is 0 Å². The summed E-state index contributed by atoms with van der Waals surface area (Å²) in [5, 5.41) is 10.0. The molecular formula is C16H27N3O. The molecule has 0 aromatic heterocycles. The number of likely N-dealkylation sites (tertiary alicyclic amines) is 1. The van der Waals surface area contributed by atoms with Gasteiger partial charge in [0.15, 0.2) is 0 Å². The predicted octanol–water partition coefficient (Wildman–Crippen LogP) is 0.992. The summed E-state index contributed by atoms with van der Waals surface area (Å²) in [6, 6.07) is 9.14. The highest BCUT2D eigenvalue weighted by Gasteiger charge is 2.35. The summed E-state index contributed by atoms with van der Waals surface area (Å²) in [6.45, 7) is 4.35. The first kappa shape index (κ1) is 15.4. The van der Waals surface area contributed by atoms with Crippen LogP contribution in [0.1, 0.15) is 23.6 Å². The Kier molecular flexibility index (Phi) is 5.16. The van der Waals surface area contributed by atoms with Gasteiger partial charge in [0.2, 0.25) is 0 Å². The molecule has 3 N–H and O–H groups in total. The molecule has 3 unspecified atom stereocenters. The van der Waals surface area contributed by atoms with Crippen molar-refractivity contribution in [3.63, 3.8) is 0 Å². The molecule has 0 radical (unpaired) electrons. The summed E-state index contributed by atoms with van der Waals surface area (Å²) >= 11 is 0. The molecule has 112 valence electrons. The van der Waals surface area contributed by atoms with E-state index in [4.69, 9.17) is 5.73 Å². The molecule has 0 amide bonds. The standard InChI is InChI=1S/C16H27N3O/c1-12-4-6-13(7-5-12)16(9-17)19-11-15(20)8-14(19)10-18(2)3/h4-7,14-16,20H,8-11,17H2,1-3H3. The first-order valence-corrected chi connectivity index (χ1v) is 7.36. The van der Waals surface area contributed by atoms with E-state index in [1.807, 2.05) is 0 Å². The Hall–Kier alpha value is -0.940. The molecule has 0 spiro atoms. The lowest BCUT2D eigenvalue weighted by atomic mass is 10.0. The van der Waals surface area contributed by atoms with Crippen LogP contribution in [0.25, 0.3) is 0 Å². The fourth-order valence-corrected chi connectivity index (χ4v) is 3.15. The third-order valence-corrected chi connectivity index (χ3v) is 4.10. The second kappa shape index (κ2) is 6.68. The molecule has 20 heavy (non-hydrogen) atoms. The lowest BCUT2D eigenvalue weighted by Crippen LogP contribution is -2.42. The average molecular weight is 277 g/mol. The third kappa shape index (κ3) is 3.58. The quantitative estimate of drug-likeness (QED) is 0.843. The Morgan fingerprint density at radius 3 is 2.55 bits per heavy atom. The van der Waals surface area contributed by atoms with E-state index < -0.39 is 0 Å². The summed E-state index contributed by atoms with van der Waals surface area (Å²) in [5.74, 6) is 0. The molecule has 0 saturated carbocycles. The lowest BCUT2D eigenvalue weighted by molar-refractivity contribution is 0.139. The van der Waals surface area contributed by atoms with E-state index >= 15 is 0 Å². The van der Waals surface area contributed by atoms with E-state index in [0.29, 0.717) is 19.1 Å². The maximum atomic E-state index is 10.0. The summed E-state index contributed by atoms with van der Waals surface area (Å²) in [6.07, 6.45) is 0.597. The Bertz CT molecular complexity index is 418. The van der Waals surface area contributed by atoms with Crippen molar-refractivity contribution in [3.8, 4) is 0 Å². The van der Waals surface area contributed by atoms with Crippen LogP contribution in [0.15, 0.2) is 24.3 Å². The van der Waals surface area contributed by atoms with Crippen LogP contribution in [0.2, 0.25) is 0 Å². The smallest absolute Gasteiger partial charge is 0.0682 e. The Morgan fingerprint density at radius 2 is 2.00 bits per heavy atom.